The molecule has 0 amide bonds. The van der Waals surface area contributed by atoms with Crippen LogP contribution < -0.4 is 22.1 Å². The van der Waals surface area contributed by atoms with E-state index in [0.717, 1.165) is 41.7 Å². The summed E-state index contributed by atoms with van der Waals surface area (Å²) in [6, 6.07) is 6.81. The molecule has 0 aliphatic carbocycles. The SMILES string of the molecule is CC(/C=C(\N)NC1CCCN(C2CNC2)C1)=C(/N)c1ccc2sccc2c1O. The lowest BCUT2D eigenvalue weighted by Gasteiger charge is -2.43. The van der Waals surface area contributed by atoms with Gasteiger partial charge in [-0.3, -0.25) is 4.90 Å². The third-order valence-corrected chi connectivity index (χ3v) is 6.68. The molecule has 7 heteroatoms. The minimum Gasteiger partial charge on any atom is -0.507 e. The van der Waals surface area contributed by atoms with E-state index in [1.54, 1.807) is 11.3 Å². The fourth-order valence-corrected chi connectivity index (χ4v) is 4.82. The Bertz CT molecular complexity index is 915. The monoisotopic (exact) mass is 399 g/mol. The Hall–Kier alpha value is -2.22. The second kappa shape index (κ2) is 8.03. The number of piperidine rings is 1. The van der Waals surface area contributed by atoms with Gasteiger partial charge in [0.1, 0.15) is 5.75 Å². The van der Waals surface area contributed by atoms with Crippen molar-refractivity contribution in [2.45, 2.75) is 31.8 Å². The van der Waals surface area contributed by atoms with Crippen LogP contribution in [0, 0.1) is 0 Å². The highest BCUT2D eigenvalue weighted by Gasteiger charge is 2.29. The Morgan fingerprint density at radius 3 is 2.89 bits per heavy atom. The van der Waals surface area contributed by atoms with Crippen LogP contribution in [0.1, 0.15) is 25.3 Å². The van der Waals surface area contributed by atoms with Gasteiger partial charge in [-0.15, -0.1) is 11.3 Å². The molecule has 1 aromatic heterocycles. The summed E-state index contributed by atoms with van der Waals surface area (Å²) in [5, 5.41) is 20.2. The van der Waals surface area contributed by atoms with Crippen molar-refractivity contribution in [1.29, 1.82) is 0 Å². The highest BCUT2D eigenvalue weighted by Crippen LogP contribution is 2.35. The largest absolute Gasteiger partial charge is 0.507 e. The number of rotatable bonds is 5. The number of aromatic hydroxyl groups is 1. The highest BCUT2D eigenvalue weighted by molar-refractivity contribution is 7.17. The average molecular weight is 400 g/mol. The molecule has 4 rings (SSSR count). The van der Waals surface area contributed by atoms with Gasteiger partial charge in [0.05, 0.1) is 5.82 Å². The summed E-state index contributed by atoms with van der Waals surface area (Å²) in [6.45, 7) is 6.30. The average Bonchev–Trinajstić information content (AvgIpc) is 3.10. The number of benzene rings is 1. The highest BCUT2D eigenvalue weighted by atomic mass is 32.1. The molecule has 3 heterocycles. The van der Waals surface area contributed by atoms with Gasteiger partial charge in [-0.05, 0) is 61.5 Å². The Kier molecular flexibility index (Phi) is 5.48. The summed E-state index contributed by atoms with van der Waals surface area (Å²) in [4.78, 5) is 2.55. The van der Waals surface area contributed by atoms with Gasteiger partial charge in [0.15, 0.2) is 0 Å². The van der Waals surface area contributed by atoms with Gasteiger partial charge < -0.3 is 27.2 Å². The molecule has 2 saturated heterocycles. The van der Waals surface area contributed by atoms with E-state index < -0.39 is 0 Å². The number of nitrogens with one attached hydrogen (secondary N) is 2. The zero-order chi connectivity index (χ0) is 19.7. The van der Waals surface area contributed by atoms with Crippen LogP contribution in [0.4, 0.5) is 0 Å². The molecule has 6 nitrogen and oxygen atoms in total. The van der Waals surface area contributed by atoms with Crippen molar-refractivity contribution in [2.75, 3.05) is 26.2 Å². The van der Waals surface area contributed by atoms with Crippen molar-refractivity contribution < 1.29 is 5.11 Å². The number of nitrogens with two attached hydrogens (primary N) is 2. The van der Waals surface area contributed by atoms with E-state index in [4.69, 9.17) is 11.5 Å². The van der Waals surface area contributed by atoms with E-state index in [1.807, 2.05) is 36.6 Å². The number of phenols is 1. The van der Waals surface area contributed by atoms with Crippen molar-refractivity contribution in [3.63, 3.8) is 0 Å². The lowest BCUT2D eigenvalue weighted by atomic mass is 10.0. The standard InChI is InChI=1S/C21H29N5OS/c1-13(20(23)17-4-5-18-16(21(17)27)6-8-28-18)9-19(22)25-14-3-2-7-26(12-14)15-10-24-11-15/h4-6,8-9,14-15,24-25,27H,2-3,7,10-12,22-23H2,1H3/b19-9+,20-13-. The molecular weight excluding hydrogens is 370 g/mol. The van der Waals surface area contributed by atoms with Crippen LogP contribution in [0.3, 0.4) is 0 Å². The van der Waals surface area contributed by atoms with Crippen molar-refractivity contribution >= 4 is 27.1 Å². The Morgan fingerprint density at radius 1 is 1.32 bits per heavy atom. The molecule has 1 atom stereocenters. The number of fused-ring (bicyclic) bond motifs is 1. The van der Waals surface area contributed by atoms with Crippen molar-refractivity contribution in [2.24, 2.45) is 11.5 Å². The normalized spacial score (nSPS) is 22.8. The molecule has 2 fully saturated rings. The van der Waals surface area contributed by atoms with Gasteiger partial charge in [-0.1, -0.05) is 0 Å². The summed E-state index contributed by atoms with van der Waals surface area (Å²) in [6.07, 6.45) is 4.18. The molecule has 1 unspecified atom stereocenters. The molecule has 2 aliphatic rings. The van der Waals surface area contributed by atoms with Gasteiger partial charge >= 0.3 is 0 Å². The summed E-state index contributed by atoms with van der Waals surface area (Å²) >= 11 is 1.60. The summed E-state index contributed by atoms with van der Waals surface area (Å²) in [5.41, 5.74) is 14.6. The number of nitrogens with zero attached hydrogens (tertiary/aromatic N) is 1. The lowest BCUT2D eigenvalue weighted by Crippen LogP contribution is -2.61. The van der Waals surface area contributed by atoms with E-state index in [-0.39, 0.29) is 5.75 Å². The van der Waals surface area contributed by atoms with E-state index >= 15 is 0 Å². The Labute approximate surface area is 169 Å². The predicted molar refractivity (Wildman–Crippen MR) is 117 cm³/mol. The van der Waals surface area contributed by atoms with E-state index in [2.05, 4.69) is 15.5 Å². The molecular formula is C21H29N5OS. The van der Waals surface area contributed by atoms with Gasteiger partial charge in [-0.2, -0.15) is 0 Å². The smallest absolute Gasteiger partial charge is 0.133 e. The third kappa shape index (κ3) is 3.83. The van der Waals surface area contributed by atoms with Crippen LogP contribution in [0.15, 0.2) is 41.0 Å². The van der Waals surface area contributed by atoms with Crippen molar-refractivity contribution in [3.8, 4) is 5.75 Å². The number of likely N-dealkylation sites (tertiary alicyclic amines) is 1. The Balaban J connectivity index is 1.47. The summed E-state index contributed by atoms with van der Waals surface area (Å²) < 4.78 is 1.05. The number of hydrogen-bond donors (Lipinski definition) is 5. The maximum absolute atomic E-state index is 10.6. The molecule has 2 aliphatic heterocycles. The van der Waals surface area contributed by atoms with Gasteiger partial charge in [-0.25, -0.2) is 0 Å². The molecule has 28 heavy (non-hydrogen) atoms. The first-order chi connectivity index (χ1) is 13.5. The summed E-state index contributed by atoms with van der Waals surface area (Å²) in [5.74, 6) is 0.850. The zero-order valence-corrected chi connectivity index (χ0v) is 17.1. The number of thiophene rings is 1. The minimum absolute atomic E-state index is 0.229. The quantitative estimate of drug-likeness (QED) is 0.494. The molecule has 1 aromatic carbocycles. The maximum Gasteiger partial charge on any atom is 0.133 e. The van der Waals surface area contributed by atoms with E-state index in [0.29, 0.717) is 29.2 Å². The number of phenolic OH excluding ortho intramolecular Hbond substituents is 1. The first-order valence-corrected chi connectivity index (χ1v) is 10.7. The second-order valence-electron chi connectivity index (χ2n) is 7.78. The van der Waals surface area contributed by atoms with Crippen molar-refractivity contribution in [1.82, 2.24) is 15.5 Å². The number of hydrogen-bond acceptors (Lipinski definition) is 7. The molecule has 0 radical (unpaired) electrons. The molecule has 150 valence electrons. The van der Waals surface area contributed by atoms with Crippen LogP contribution >= 0.6 is 11.3 Å². The molecule has 0 saturated carbocycles. The van der Waals surface area contributed by atoms with Gasteiger partial charge in [0.2, 0.25) is 0 Å². The van der Waals surface area contributed by atoms with Crippen LogP contribution in [-0.2, 0) is 0 Å². The maximum atomic E-state index is 10.6. The van der Waals surface area contributed by atoms with Crippen LogP contribution in [0.2, 0.25) is 0 Å². The lowest BCUT2D eigenvalue weighted by molar-refractivity contribution is 0.104. The molecule has 2 aromatic rings. The topological polar surface area (TPSA) is 99.6 Å². The van der Waals surface area contributed by atoms with Crippen LogP contribution in [0.5, 0.6) is 5.75 Å². The predicted octanol–water partition coefficient (Wildman–Crippen LogP) is 2.12. The number of allylic oxidation sites excluding steroid dienone is 2. The molecule has 0 bridgehead atoms. The second-order valence-corrected chi connectivity index (χ2v) is 8.73. The third-order valence-electron chi connectivity index (χ3n) is 5.79. The van der Waals surface area contributed by atoms with Crippen molar-refractivity contribution in [3.05, 3.63) is 46.6 Å². The minimum atomic E-state index is 0.229. The molecule has 0 spiro atoms. The van der Waals surface area contributed by atoms with Crippen LogP contribution in [0.25, 0.3) is 15.8 Å². The molecule has 7 N–H and O–H groups in total. The Morgan fingerprint density at radius 2 is 2.14 bits per heavy atom. The fraction of sp³-hybridized carbons (Fsp3) is 0.429. The fourth-order valence-electron chi connectivity index (χ4n) is 4.03. The van der Waals surface area contributed by atoms with Gasteiger partial charge in [0.25, 0.3) is 0 Å². The summed E-state index contributed by atoms with van der Waals surface area (Å²) in [7, 11) is 0. The first-order valence-electron chi connectivity index (χ1n) is 9.87. The van der Waals surface area contributed by atoms with Crippen LogP contribution in [-0.4, -0.2) is 48.3 Å². The zero-order valence-electron chi connectivity index (χ0n) is 16.2. The van der Waals surface area contributed by atoms with Gasteiger partial charge in [0, 0.05) is 53.1 Å². The van der Waals surface area contributed by atoms with E-state index in [1.165, 1.54) is 13.0 Å². The van der Waals surface area contributed by atoms with E-state index in [9.17, 15) is 5.11 Å². The first kappa shape index (κ1) is 19.1.